The smallest absolute Gasteiger partial charge is 0.234 e. The first-order chi connectivity index (χ1) is 10.1. The number of fused-ring (bicyclic) bond motifs is 4. The van der Waals surface area contributed by atoms with E-state index in [-0.39, 0.29) is 0 Å². The van der Waals surface area contributed by atoms with Crippen LogP contribution in [0.2, 0.25) is 0 Å². The highest BCUT2D eigenvalue weighted by Gasteiger charge is 2.30. The molecule has 21 heavy (non-hydrogen) atoms. The van der Waals surface area contributed by atoms with Gasteiger partial charge in [0, 0.05) is 15.6 Å². The van der Waals surface area contributed by atoms with Crippen LogP contribution in [0.15, 0.2) is 59.1 Å². The van der Waals surface area contributed by atoms with Crippen LogP contribution in [0.4, 0.5) is 0 Å². The van der Waals surface area contributed by atoms with E-state index in [9.17, 15) is 9.59 Å². The second-order valence-corrected chi connectivity index (χ2v) is 6.01. The van der Waals surface area contributed by atoms with Crippen LogP contribution >= 0.6 is 15.9 Å². The fraction of sp³-hybridized carbons (Fsp3) is 0. The molecule has 1 aliphatic rings. The summed E-state index contributed by atoms with van der Waals surface area (Å²) in [4.78, 5) is 24.6. The van der Waals surface area contributed by atoms with Crippen molar-refractivity contribution in [1.82, 2.24) is 0 Å². The van der Waals surface area contributed by atoms with Gasteiger partial charge in [0.05, 0.1) is 0 Å². The Morgan fingerprint density at radius 3 is 2.10 bits per heavy atom. The first-order valence-electron chi connectivity index (χ1n) is 6.57. The van der Waals surface area contributed by atoms with E-state index < -0.39 is 11.6 Å². The van der Waals surface area contributed by atoms with Gasteiger partial charge in [-0.15, -0.1) is 0 Å². The molecular formula is C18H9BrO2. The van der Waals surface area contributed by atoms with Crippen molar-refractivity contribution < 1.29 is 9.59 Å². The molecule has 4 rings (SSSR count). The molecule has 1 aliphatic carbocycles. The highest BCUT2D eigenvalue weighted by molar-refractivity contribution is 9.10. The van der Waals surface area contributed by atoms with Gasteiger partial charge in [0.2, 0.25) is 11.6 Å². The molecule has 0 saturated carbocycles. The summed E-state index contributed by atoms with van der Waals surface area (Å²) in [5, 5.41) is 2.00. The minimum Gasteiger partial charge on any atom is -0.285 e. The first kappa shape index (κ1) is 12.5. The maximum atomic E-state index is 12.3. The van der Waals surface area contributed by atoms with Gasteiger partial charge in [-0.05, 0) is 46.2 Å². The first-order valence-corrected chi connectivity index (χ1v) is 7.36. The van der Waals surface area contributed by atoms with Gasteiger partial charge in [-0.3, -0.25) is 9.59 Å². The third kappa shape index (κ3) is 1.78. The summed E-state index contributed by atoms with van der Waals surface area (Å²) in [6.45, 7) is 0. The molecule has 3 heteroatoms. The molecule has 2 nitrogen and oxygen atoms in total. The standard InChI is InChI=1S/C18H9BrO2/c19-12-6-5-10-8-15-13-3-1-2-4-14(13)17(20)18(21)16(15)9-11(10)7-12/h1-9H. The van der Waals surface area contributed by atoms with Crippen molar-refractivity contribution in [3.8, 4) is 11.1 Å². The fourth-order valence-electron chi connectivity index (χ4n) is 2.84. The van der Waals surface area contributed by atoms with Gasteiger partial charge in [0.15, 0.2) is 0 Å². The Bertz CT molecular complexity index is 941. The topological polar surface area (TPSA) is 34.1 Å². The zero-order valence-corrected chi connectivity index (χ0v) is 12.5. The number of hydrogen-bond acceptors (Lipinski definition) is 2. The summed E-state index contributed by atoms with van der Waals surface area (Å²) in [6, 6.07) is 17.0. The molecule has 0 spiro atoms. The van der Waals surface area contributed by atoms with E-state index in [1.165, 1.54) is 0 Å². The number of benzene rings is 3. The Labute approximate surface area is 129 Å². The highest BCUT2D eigenvalue weighted by atomic mass is 79.9. The van der Waals surface area contributed by atoms with Crippen molar-refractivity contribution in [2.24, 2.45) is 0 Å². The third-order valence-electron chi connectivity index (χ3n) is 3.85. The number of hydrogen-bond donors (Lipinski definition) is 0. The second kappa shape index (κ2) is 4.37. The predicted octanol–water partition coefficient (Wildman–Crippen LogP) is 4.65. The Morgan fingerprint density at radius 1 is 0.619 bits per heavy atom. The van der Waals surface area contributed by atoms with Crippen molar-refractivity contribution in [3.05, 3.63) is 70.2 Å². The summed E-state index contributed by atoms with van der Waals surface area (Å²) >= 11 is 3.43. The Balaban J connectivity index is 2.12. The minimum atomic E-state index is -0.425. The van der Waals surface area contributed by atoms with Crippen LogP contribution in [0.3, 0.4) is 0 Å². The number of halogens is 1. The van der Waals surface area contributed by atoms with Gasteiger partial charge in [0.25, 0.3) is 0 Å². The molecule has 0 saturated heterocycles. The zero-order chi connectivity index (χ0) is 14.6. The molecular weight excluding hydrogens is 328 g/mol. The number of carbonyl (C=O) groups is 2. The largest absolute Gasteiger partial charge is 0.285 e. The number of carbonyl (C=O) groups excluding carboxylic acids is 2. The summed E-state index contributed by atoms with van der Waals surface area (Å²) in [5.74, 6) is -0.849. The van der Waals surface area contributed by atoms with E-state index in [4.69, 9.17) is 0 Å². The summed E-state index contributed by atoms with van der Waals surface area (Å²) in [5.41, 5.74) is 2.66. The second-order valence-electron chi connectivity index (χ2n) is 5.09. The van der Waals surface area contributed by atoms with Crippen LogP contribution in [0.1, 0.15) is 20.7 Å². The van der Waals surface area contributed by atoms with Crippen molar-refractivity contribution in [3.63, 3.8) is 0 Å². The van der Waals surface area contributed by atoms with E-state index in [1.807, 2.05) is 42.5 Å². The van der Waals surface area contributed by atoms with Crippen molar-refractivity contribution in [1.29, 1.82) is 0 Å². The van der Waals surface area contributed by atoms with E-state index in [2.05, 4.69) is 15.9 Å². The van der Waals surface area contributed by atoms with E-state index in [1.54, 1.807) is 12.1 Å². The quantitative estimate of drug-likeness (QED) is 0.560. The number of Topliss-reactive ketones (excluding diaryl/α,β-unsaturated/α-hetero) is 2. The van der Waals surface area contributed by atoms with Gasteiger partial charge >= 0.3 is 0 Å². The minimum absolute atomic E-state index is 0.424. The lowest BCUT2D eigenvalue weighted by atomic mass is 9.82. The van der Waals surface area contributed by atoms with Crippen LogP contribution in [0, 0.1) is 0 Å². The highest BCUT2D eigenvalue weighted by Crippen LogP contribution is 2.36. The summed E-state index contributed by atoms with van der Waals surface area (Å²) in [6.07, 6.45) is 0. The normalized spacial score (nSPS) is 13.2. The Morgan fingerprint density at radius 2 is 1.29 bits per heavy atom. The average molecular weight is 337 g/mol. The fourth-order valence-corrected chi connectivity index (χ4v) is 3.22. The molecule has 0 bridgehead atoms. The maximum absolute atomic E-state index is 12.3. The molecule has 0 N–H and O–H groups in total. The SMILES string of the molecule is O=C1C(=O)c2cc3cc(Br)ccc3cc2-c2ccccc21. The molecule has 3 aromatic rings. The van der Waals surface area contributed by atoms with Crippen LogP contribution < -0.4 is 0 Å². The number of ketones is 2. The van der Waals surface area contributed by atoms with Gasteiger partial charge < -0.3 is 0 Å². The van der Waals surface area contributed by atoms with Gasteiger partial charge in [-0.2, -0.15) is 0 Å². The Kier molecular flexibility index (Phi) is 2.59. The van der Waals surface area contributed by atoms with E-state index in [0.717, 1.165) is 26.4 Å². The third-order valence-corrected chi connectivity index (χ3v) is 4.34. The van der Waals surface area contributed by atoms with Crippen molar-refractivity contribution >= 4 is 38.3 Å². The summed E-state index contributed by atoms with van der Waals surface area (Å²) in [7, 11) is 0. The lowest BCUT2D eigenvalue weighted by Crippen LogP contribution is -2.21. The van der Waals surface area contributed by atoms with Gasteiger partial charge in [-0.1, -0.05) is 46.3 Å². The number of rotatable bonds is 0. The molecule has 100 valence electrons. The van der Waals surface area contributed by atoms with Crippen LogP contribution in [-0.4, -0.2) is 11.6 Å². The molecule has 0 atom stereocenters. The molecule has 3 aromatic carbocycles. The summed E-state index contributed by atoms with van der Waals surface area (Å²) < 4.78 is 0.949. The maximum Gasteiger partial charge on any atom is 0.234 e. The molecule has 0 aromatic heterocycles. The molecule has 0 radical (unpaired) electrons. The van der Waals surface area contributed by atoms with Crippen LogP contribution in [0.25, 0.3) is 21.9 Å². The molecule has 0 fully saturated rings. The van der Waals surface area contributed by atoms with Gasteiger partial charge in [-0.25, -0.2) is 0 Å². The van der Waals surface area contributed by atoms with E-state index in [0.29, 0.717) is 11.1 Å². The van der Waals surface area contributed by atoms with Crippen LogP contribution in [-0.2, 0) is 0 Å². The van der Waals surface area contributed by atoms with Crippen LogP contribution in [0.5, 0.6) is 0 Å². The monoisotopic (exact) mass is 336 g/mol. The molecule has 0 aliphatic heterocycles. The lowest BCUT2D eigenvalue weighted by molar-refractivity contribution is 0.0815. The Hall–Kier alpha value is -2.26. The van der Waals surface area contributed by atoms with Crippen molar-refractivity contribution in [2.75, 3.05) is 0 Å². The van der Waals surface area contributed by atoms with Crippen molar-refractivity contribution in [2.45, 2.75) is 0 Å². The lowest BCUT2D eigenvalue weighted by Gasteiger charge is -2.18. The zero-order valence-electron chi connectivity index (χ0n) is 10.9. The molecule has 0 unspecified atom stereocenters. The van der Waals surface area contributed by atoms with E-state index >= 15 is 0 Å². The van der Waals surface area contributed by atoms with Gasteiger partial charge in [0.1, 0.15) is 0 Å². The molecule has 0 amide bonds. The average Bonchev–Trinajstić information content (AvgIpc) is 2.51. The molecule has 0 heterocycles. The predicted molar refractivity (Wildman–Crippen MR) is 85.7 cm³/mol.